The van der Waals surface area contributed by atoms with Crippen molar-refractivity contribution in [3.8, 4) is 0 Å². The number of hydrogen-bond donors (Lipinski definition) is 1. The lowest BCUT2D eigenvalue weighted by atomic mass is 9.83. The van der Waals surface area contributed by atoms with Gasteiger partial charge in [-0.15, -0.1) is 11.3 Å². The highest BCUT2D eigenvalue weighted by atomic mass is 32.1. The van der Waals surface area contributed by atoms with E-state index in [-0.39, 0.29) is 23.7 Å². The van der Waals surface area contributed by atoms with Crippen LogP contribution in [-0.4, -0.2) is 52.8 Å². The van der Waals surface area contributed by atoms with E-state index < -0.39 is 12.0 Å². The second-order valence-corrected chi connectivity index (χ2v) is 7.91. The van der Waals surface area contributed by atoms with Gasteiger partial charge >= 0.3 is 5.97 Å². The molecule has 0 aromatic carbocycles. The number of thiophene rings is 1. The highest BCUT2D eigenvalue weighted by molar-refractivity contribution is 7.10. The molecule has 2 aliphatic rings. The predicted octanol–water partition coefficient (Wildman–Crippen LogP) is 2.37. The van der Waals surface area contributed by atoms with Crippen LogP contribution in [-0.2, 0) is 14.4 Å². The van der Waals surface area contributed by atoms with Crippen LogP contribution in [0.4, 0.5) is 0 Å². The largest absolute Gasteiger partial charge is 0.479 e. The quantitative estimate of drug-likeness (QED) is 0.870. The minimum absolute atomic E-state index is 0.142. The van der Waals surface area contributed by atoms with Gasteiger partial charge in [-0.3, -0.25) is 9.59 Å². The topological polar surface area (TPSA) is 77.9 Å². The fourth-order valence-corrected chi connectivity index (χ4v) is 4.46. The standard InChI is InChI=1S/C18H24N2O4S/c1-19(15(18(23)24)14-6-3-11-25-14)16(21)13-7-9-20(10-8-13)17(22)12-4-2-5-12/h3,6,11-13,15H,2,4-5,7-10H2,1H3,(H,23,24)/t15-/m0/s1. The maximum Gasteiger partial charge on any atom is 0.331 e. The second-order valence-electron chi connectivity index (χ2n) is 6.93. The number of piperidine rings is 1. The van der Waals surface area contributed by atoms with E-state index in [1.54, 1.807) is 19.2 Å². The van der Waals surface area contributed by atoms with Gasteiger partial charge in [-0.1, -0.05) is 12.5 Å². The zero-order chi connectivity index (χ0) is 18.0. The molecule has 1 saturated heterocycles. The molecular formula is C18H24N2O4S. The summed E-state index contributed by atoms with van der Waals surface area (Å²) in [5, 5.41) is 11.3. The van der Waals surface area contributed by atoms with Crippen molar-refractivity contribution in [2.75, 3.05) is 20.1 Å². The Hall–Kier alpha value is -1.89. The van der Waals surface area contributed by atoms with Gasteiger partial charge < -0.3 is 14.9 Å². The molecule has 1 aromatic rings. The number of likely N-dealkylation sites (N-methyl/N-ethyl adjacent to an activating group) is 1. The van der Waals surface area contributed by atoms with Gasteiger partial charge in [-0.2, -0.15) is 0 Å². The second kappa shape index (κ2) is 7.56. The molecule has 1 aliphatic carbocycles. The Bertz CT molecular complexity index is 634. The Balaban J connectivity index is 1.59. The van der Waals surface area contributed by atoms with Crippen molar-refractivity contribution < 1.29 is 19.5 Å². The summed E-state index contributed by atoms with van der Waals surface area (Å²) in [6.07, 6.45) is 4.33. The van der Waals surface area contributed by atoms with E-state index in [1.165, 1.54) is 16.2 Å². The van der Waals surface area contributed by atoms with Crippen LogP contribution in [0.3, 0.4) is 0 Å². The van der Waals surface area contributed by atoms with Crippen LogP contribution >= 0.6 is 11.3 Å². The third-order valence-electron chi connectivity index (χ3n) is 5.39. The van der Waals surface area contributed by atoms with Crippen LogP contribution in [0.1, 0.15) is 43.0 Å². The number of nitrogens with zero attached hydrogens (tertiary/aromatic N) is 2. The maximum absolute atomic E-state index is 12.8. The first kappa shape index (κ1) is 17.9. The maximum atomic E-state index is 12.8. The third-order valence-corrected chi connectivity index (χ3v) is 6.32. The number of carbonyl (C=O) groups is 3. The Morgan fingerprint density at radius 1 is 1.20 bits per heavy atom. The number of carbonyl (C=O) groups excluding carboxylic acids is 2. The van der Waals surface area contributed by atoms with Crippen molar-refractivity contribution >= 4 is 29.1 Å². The lowest BCUT2D eigenvalue weighted by molar-refractivity contribution is -0.152. The van der Waals surface area contributed by atoms with E-state index in [2.05, 4.69) is 0 Å². The SMILES string of the molecule is CN(C(=O)C1CCN(C(=O)C2CCC2)CC1)[C@H](C(=O)O)c1cccs1. The molecule has 1 atom stereocenters. The fourth-order valence-electron chi connectivity index (χ4n) is 3.60. The summed E-state index contributed by atoms with van der Waals surface area (Å²) in [6, 6.07) is 2.59. The fraction of sp³-hybridized carbons (Fsp3) is 0.611. The summed E-state index contributed by atoms with van der Waals surface area (Å²) in [7, 11) is 1.56. The average Bonchev–Trinajstić information content (AvgIpc) is 3.06. The number of likely N-dealkylation sites (tertiary alicyclic amines) is 1. The van der Waals surface area contributed by atoms with E-state index >= 15 is 0 Å². The summed E-state index contributed by atoms with van der Waals surface area (Å²) in [5.41, 5.74) is 0. The molecule has 0 spiro atoms. The molecule has 0 bridgehead atoms. The molecular weight excluding hydrogens is 340 g/mol. The predicted molar refractivity (Wildman–Crippen MR) is 94.1 cm³/mol. The summed E-state index contributed by atoms with van der Waals surface area (Å²) in [6.45, 7) is 1.19. The van der Waals surface area contributed by atoms with Gasteiger partial charge in [0.1, 0.15) is 0 Å². The molecule has 0 unspecified atom stereocenters. The molecule has 25 heavy (non-hydrogen) atoms. The van der Waals surface area contributed by atoms with E-state index in [0.717, 1.165) is 19.3 Å². The summed E-state index contributed by atoms with van der Waals surface area (Å²) >= 11 is 1.34. The minimum atomic E-state index is -1.02. The summed E-state index contributed by atoms with van der Waals surface area (Å²) < 4.78 is 0. The minimum Gasteiger partial charge on any atom is -0.479 e. The number of amides is 2. The van der Waals surface area contributed by atoms with Gasteiger partial charge in [0.15, 0.2) is 6.04 Å². The van der Waals surface area contributed by atoms with Crippen LogP contribution in [0.5, 0.6) is 0 Å². The number of hydrogen-bond acceptors (Lipinski definition) is 4. The van der Waals surface area contributed by atoms with Crippen LogP contribution in [0.15, 0.2) is 17.5 Å². The molecule has 7 heteroatoms. The Morgan fingerprint density at radius 2 is 1.88 bits per heavy atom. The van der Waals surface area contributed by atoms with Crippen molar-refractivity contribution in [1.29, 1.82) is 0 Å². The van der Waals surface area contributed by atoms with Gasteiger partial charge in [0.05, 0.1) is 0 Å². The van der Waals surface area contributed by atoms with Crippen molar-refractivity contribution in [3.63, 3.8) is 0 Å². The van der Waals surface area contributed by atoms with E-state index in [4.69, 9.17) is 0 Å². The molecule has 0 radical (unpaired) electrons. The van der Waals surface area contributed by atoms with Crippen molar-refractivity contribution in [3.05, 3.63) is 22.4 Å². The lowest BCUT2D eigenvalue weighted by Gasteiger charge is -2.37. The van der Waals surface area contributed by atoms with Crippen LogP contribution in [0.2, 0.25) is 0 Å². The van der Waals surface area contributed by atoms with Crippen LogP contribution in [0, 0.1) is 11.8 Å². The summed E-state index contributed by atoms with van der Waals surface area (Å²) in [5.74, 6) is -0.956. The molecule has 6 nitrogen and oxygen atoms in total. The first-order valence-electron chi connectivity index (χ1n) is 8.80. The molecule has 1 N–H and O–H groups in total. The highest BCUT2D eigenvalue weighted by Crippen LogP contribution is 2.31. The molecule has 3 rings (SSSR count). The monoisotopic (exact) mass is 364 g/mol. The molecule has 2 heterocycles. The average molecular weight is 364 g/mol. The molecule has 2 amide bonds. The molecule has 1 aromatic heterocycles. The van der Waals surface area contributed by atoms with Gasteiger partial charge in [0.2, 0.25) is 11.8 Å². The zero-order valence-corrected chi connectivity index (χ0v) is 15.2. The Kier molecular flexibility index (Phi) is 5.42. The van der Waals surface area contributed by atoms with Crippen molar-refractivity contribution in [2.45, 2.75) is 38.1 Å². The molecule has 2 fully saturated rings. The first-order chi connectivity index (χ1) is 12.0. The molecule has 136 valence electrons. The van der Waals surface area contributed by atoms with E-state index in [0.29, 0.717) is 30.8 Å². The van der Waals surface area contributed by atoms with Gasteiger partial charge in [-0.25, -0.2) is 4.79 Å². The normalized spacial score (nSPS) is 20.0. The summed E-state index contributed by atoms with van der Waals surface area (Å²) in [4.78, 5) is 40.6. The first-order valence-corrected chi connectivity index (χ1v) is 9.68. The molecule has 1 aliphatic heterocycles. The number of carboxylic acid groups (broad SMARTS) is 1. The van der Waals surface area contributed by atoms with Crippen molar-refractivity contribution in [2.24, 2.45) is 11.8 Å². The Labute approximate surface area is 151 Å². The highest BCUT2D eigenvalue weighted by Gasteiger charge is 2.37. The van der Waals surface area contributed by atoms with E-state index in [9.17, 15) is 19.5 Å². The van der Waals surface area contributed by atoms with Gasteiger partial charge in [0, 0.05) is 36.9 Å². The van der Waals surface area contributed by atoms with Crippen LogP contribution < -0.4 is 0 Å². The molecule has 1 saturated carbocycles. The van der Waals surface area contributed by atoms with Gasteiger partial charge in [-0.05, 0) is 37.1 Å². The number of carboxylic acids is 1. The van der Waals surface area contributed by atoms with E-state index in [1.807, 2.05) is 10.3 Å². The number of aliphatic carboxylic acids is 1. The van der Waals surface area contributed by atoms with Crippen LogP contribution in [0.25, 0.3) is 0 Å². The smallest absolute Gasteiger partial charge is 0.331 e. The third kappa shape index (κ3) is 3.71. The van der Waals surface area contributed by atoms with Gasteiger partial charge in [0.25, 0.3) is 0 Å². The Morgan fingerprint density at radius 3 is 2.36 bits per heavy atom. The number of rotatable bonds is 5. The lowest BCUT2D eigenvalue weighted by Crippen LogP contribution is -2.47. The zero-order valence-electron chi connectivity index (χ0n) is 14.4. The van der Waals surface area contributed by atoms with Crippen molar-refractivity contribution in [1.82, 2.24) is 9.80 Å².